The first-order valence-corrected chi connectivity index (χ1v) is 7.38. The summed E-state index contributed by atoms with van der Waals surface area (Å²) in [6.45, 7) is 1.91. The number of carboxylic acids is 1. The lowest BCUT2D eigenvalue weighted by Gasteiger charge is -2.21. The second kappa shape index (κ2) is 6.87. The van der Waals surface area contributed by atoms with Crippen molar-refractivity contribution < 1.29 is 24.2 Å². The van der Waals surface area contributed by atoms with Gasteiger partial charge in [0.2, 0.25) is 0 Å². The summed E-state index contributed by atoms with van der Waals surface area (Å²) in [5.74, 6) is -0.680. The Morgan fingerprint density at radius 2 is 2.09 bits per heavy atom. The van der Waals surface area contributed by atoms with Crippen LogP contribution in [-0.4, -0.2) is 48.2 Å². The van der Waals surface area contributed by atoms with Gasteiger partial charge in [0, 0.05) is 11.6 Å². The Labute approximate surface area is 133 Å². The number of hydrogen-bond donors (Lipinski definition) is 1. The molecule has 7 heteroatoms. The van der Waals surface area contributed by atoms with Crippen molar-refractivity contribution in [2.45, 2.75) is 25.8 Å². The molecule has 1 aromatic rings. The molecule has 0 saturated heterocycles. The zero-order valence-electron chi connectivity index (χ0n) is 12.5. The van der Waals surface area contributed by atoms with Crippen molar-refractivity contribution in [1.82, 2.24) is 4.90 Å². The van der Waals surface area contributed by atoms with Gasteiger partial charge in [0.25, 0.3) is 5.91 Å². The van der Waals surface area contributed by atoms with Gasteiger partial charge in [-0.3, -0.25) is 9.59 Å². The first kappa shape index (κ1) is 16.4. The molecule has 0 unspecified atom stereocenters. The predicted octanol–water partition coefficient (Wildman–Crippen LogP) is 2.44. The minimum atomic E-state index is -1.04. The van der Waals surface area contributed by atoms with Crippen LogP contribution in [0.2, 0.25) is 5.02 Å². The molecule has 2 rings (SSSR count). The molecule has 6 nitrogen and oxygen atoms in total. The second-order valence-corrected chi connectivity index (χ2v) is 5.39. The van der Waals surface area contributed by atoms with E-state index in [4.69, 9.17) is 26.2 Å². The summed E-state index contributed by atoms with van der Waals surface area (Å²) in [6.07, 6.45) is 1.64. The van der Waals surface area contributed by atoms with Crippen LogP contribution in [0.15, 0.2) is 12.1 Å². The highest BCUT2D eigenvalue weighted by atomic mass is 35.5. The Bertz CT molecular complexity index is 586. The number of carbonyl (C=O) groups is 2. The minimum Gasteiger partial charge on any atom is -0.493 e. The number of carboxylic acid groups (broad SMARTS) is 1. The summed E-state index contributed by atoms with van der Waals surface area (Å²) < 4.78 is 10.6. The summed E-state index contributed by atoms with van der Waals surface area (Å²) in [5.41, 5.74) is 0.290. The maximum atomic E-state index is 12.6. The number of carbonyl (C=O) groups excluding carboxylic acids is 1. The van der Waals surface area contributed by atoms with Crippen LogP contribution in [0.4, 0.5) is 0 Å². The van der Waals surface area contributed by atoms with Crippen molar-refractivity contribution in [3.63, 3.8) is 0 Å². The lowest BCUT2D eigenvalue weighted by Crippen LogP contribution is -2.37. The molecule has 0 spiro atoms. The predicted molar refractivity (Wildman–Crippen MR) is 80.9 cm³/mol. The summed E-state index contributed by atoms with van der Waals surface area (Å²) in [6, 6.07) is 2.99. The third kappa shape index (κ3) is 3.62. The van der Waals surface area contributed by atoms with Gasteiger partial charge < -0.3 is 19.5 Å². The Balaban J connectivity index is 2.32. The van der Waals surface area contributed by atoms with Crippen molar-refractivity contribution in [2.75, 3.05) is 20.3 Å². The number of hydrogen-bond acceptors (Lipinski definition) is 4. The molecule has 0 atom stereocenters. The molecule has 120 valence electrons. The third-order valence-electron chi connectivity index (χ3n) is 3.32. The fourth-order valence-electron chi connectivity index (χ4n) is 2.19. The molecule has 0 radical (unpaired) electrons. The Hall–Kier alpha value is -1.95. The van der Waals surface area contributed by atoms with Gasteiger partial charge in [0.1, 0.15) is 6.54 Å². The van der Waals surface area contributed by atoms with Gasteiger partial charge in [-0.15, -0.1) is 0 Å². The first-order chi connectivity index (χ1) is 10.5. The van der Waals surface area contributed by atoms with E-state index in [-0.39, 0.29) is 23.5 Å². The van der Waals surface area contributed by atoms with Gasteiger partial charge >= 0.3 is 5.97 Å². The zero-order chi connectivity index (χ0) is 16.3. The van der Waals surface area contributed by atoms with Gasteiger partial charge in [0.05, 0.1) is 18.7 Å². The average Bonchev–Trinajstić information content (AvgIpc) is 3.30. The monoisotopic (exact) mass is 327 g/mol. The lowest BCUT2D eigenvalue weighted by molar-refractivity contribution is -0.137. The number of halogens is 1. The summed E-state index contributed by atoms with van der Waals surface area (Å²) in [5, 5.41) is 9.22. The summed E-state index contributed by atoms with van der Waals surface area (Å²) >= 11 is 6.15. The normalized spacial score (nSPS) is 13.6. The van der Waals surface area contributed by atoms with Crippen molar-refractivity contribution in [3.05, 3.63) is 22.7 Å². The van der Waals surface area contributed by atoms with E-state index in [1.54, 1.807) is 0 Å². The summed E-state index contributed by atoms with van der Waals surface area (Å²) in [7, 11) is 1.46. The smallest absolute Gasteiger partial charge is 0.323 e. The lowest BCUT2D eigenvalue weighted by atomic mass is 10.1. The SMILES string of the molecule is CCOc1c(Cl)cc(C(=O)N(CC(=O)O)C2CC2)cc1OC. The summed E-state index contributed by atoms with van der Waals surface area (Å²) in [4.78, 5) is 24.9. The molecule has 0 heterocycles. The quantitative estimate of drug-likeness (QED) is 0.832. The van der Waals surface area contributed by atoms with Crippen LogP contribution in [0.5, 0.6) is 11.5 Å². The van der Waals surface area contributed by atoms with Crippen molar-refractivity contribution in [1.29, 1.82) is 0 Å². The molecule has 1 aliphatic rings. The van der Waals surface area contributed by atoms with Crippen LogP contribution < -0.4 is 9.47 Å². The van der Waals surface area contributed by atoms with Crippen LogP contribution >= 0.6 is 11.6 Å². The van der Waals surface area contributed by atoms with E-state index >= 15 is 0 Å². The molecule has 1 fully saturated rings. The van der Waals surface area contributed by atoms with Crippen LogP contribution in [0.25, 0.3) is 0 Å². The second-order valence-electron chi connectivity index (χ2n) is 4.98. The highest BCUT2D eigenvalue weighted by Gasteiger charge is 2.34. The van der Waals surface area contributed by atoms with Gasteiger partial charge in [-0.1, -0.05) is 11.6 Å². The molecule has 1 aliphatic carbocycles. The van der Waals surface area contributed by atoms with E-state index in [1.165, 1.54) is 24.1 Å². The van der Waals surface area contributed by atoms with E-state index in [9.17, 15) is 9.59 Å². The Kier molecular flexibility index (Phi) is 5.13. The van der Waals surface area contributed by atoms with Crippen LogP contribution in [-0.2, 0) is 4.79 Å². The fraction of sp³-hybridized carbons (Fsp3) is 0.467. The first-order valence-electron chi connectivity index (χ1n) is 7.01. The molecule has 0 aromatic heterocycles. The maximum absolute atomic E-state index is 12.6. The Morgan fingerprint density at radius 3 is 2.59 bits per heavy atom. The highest BCUT2D eigenvalue weighted by Crippen LogP contribution is 2.37. The average molecular weight is 328 g/mol. The zero-order valence-corrected chi connectivity index (χ0v) is 13.2. The van der Waals surface area contributed by atoms with E-state index in [1.807, 2.05) is 6.92 Å². The van der Waals surface area contributed by atoms with Crippen LogP contribution in [0.1, 0.15) is 30.1 Å². The molecule has 22 heavy (non-hydrogen) atoms. The third-order valence-corrected chi connectivity index (χ3v) is 3.60. The molecule has 1 aromatic carbocycles. The minimum absolute atomic E-state index is 0.0139. The fourth-order valence-corrected chi connectivity index (χ4v) is 2.46. The van der Waals surface area contributed by atoms with Gasteiger partial charge in [0.15, 0.2) is 11.5 Å². The van der Waals surface area contributed by atoms with Gasteiger partial charge in [-0.05, 0) is 31.9 Å². The van der Waals surface area contributed by atoms with Crippen LogP contribution in [0.3, 0.4) is 0 Å². The molecular weight excluding hydrogens is 310 g/mol. The molecule has 1 amide bonds. The van der Waals surface area contributed by atoms with E-state index < -0.39 is 5.97 Å². The van der Waals surface area contributed by atoms with Crippen LogP contribution in [0, 0.1) is 0 Å². The Morgan fingerprint density at radius 1 is 1.41 bits per heavy atom. The number of aliphatic carboxylic acids is 1. The number of amides is 1. The largest absolute Gasteiger partial charge is 0.493 e. The number of benzene rings is 1. The van der Waals surface area contributed by atoms with E-state index in [2.05, 4.69) is 0 Å². The topological polar surface area (TPSA) is 76.1 Å². The molecule has 1 N–H and O–H groups in total. The van der Waals surface area contributed by atoms with E-state index in [0.717, 1.165) is 12.8 Å². The maximum Gasteiger partial charge on any atom is 0.323 e. The van der Waals surface area contributed by atoms with Gasteiger partial charge in [-0.25, -0.2) is 0 Å². The molecule has 0 aliphatic heterocycles. The number of rotatable bonds is 7. The van der Waals surface area contributed by atoms with Crippen molar-refractivity contribution in [3.8, 4) is 11.5 Å². The number of methoxy groups -OCH3 is 1. The molecular formula is C15H18ClNO5. The molecule has 0 bridgehead atoms. The van der Waals surface area contributed by atoms with Crippen molar-refractivity contribution >= 4 is 23.5 Å². The van der Waals surface area contributed by atoms with Gasteiger partial charge in [-0.2, -0.15) is 0 Å². The number of ether oxygens (including phenoxy) is 2. The van der Waals surface area contributed by atoms with E-state index in [0.29, 0.717) is 23.7 Å². The highest BCUT2D eigenvalue weighted by molar-refractivity contribution is 6.32. The number of nitrogens with zero attached hydrogens (tertiary/aromatic N) is 1. The standard InChI is InChI=1S/C15H18ClNO5/c1-3-22-14-11(16)6-9(7-12(14)21-2)15(20)17(8-13(18)19)10-4-5-10/h6-7,10H,3-5,8H2,1-2H3,(H,18,19). The molecule has 1 saturated carbocycles. The van der Waals surface area contributed by atoms with Crippen molar-refractivity contribution in [2.24, 2.45) is 0 Å².